The van der Waals surface area contributed by atoms with Crippen LogP contribution in [0.25, 0.3) is 11.6 Å². The Morgan fingerprint density at radius 3 is 2.55 bits per heavy atom. The predicted molar refractivity (Wildman–Crippen MR) is 82.4 cm³/mol. The van der Waals surface area contributed by atoms with Crippen molar-refractivity contribution in [3.8, 4) is 11.5 Å². The van der Waals surface area contributed by atoms with Gasteiger partial charge in [-0.05, 0) is 42.0 Å². The number of carbonyl (C=O) groups is 1. The van der Waals surface area contributed by atoms with Gasteiger partial charge in [0.15, 0.2) is 11.5 Å². The van der Waals surface area contributed by atoms with Gasteiger partial charge in [0.25, 0.3) is 5.91 Å². The lowest BCUT2D eigenvalue weighted by atomic mass is 10.0. The summed E-state index contributed by atoms with van der Waals surface area (Å²) in [6.07, 6.45) is 1.70. The Morgan fingerprint density at radius 1 is 1.05 bits per heavy atom. The van der Waals surface area contributed by atoms with Gasteiger partial charge in [-0.25, -0.2) is 4.39 Å². The average molecular weight is 299 g/mol. The number of hydrogen-bond donors (Lipinski definition) is 1. The minimum Gasteiger partial charge on any atom is -0.493 e. The van der Waals surface area contributed by atoms with Gasteiger partial charge in [-0.1, -0.05) is 6.07 Å². The van der Waals surface area contributed by atoms with Crippen molar-refractivity contribution in [2.45, 2.75) is 0 Å². The van der Waals surface area contributed by atoms with Crippen LogP contribution in [0.1, 0.15) is 11.1 Å². The van der Waals surface area contributed by atoms with Crippen LogP contribution in [0.4, 0.5) is 10.1 Å². The van der Waals surface area contributed by atoms with E-state index in [1.165, 1.54) is 12.1 Å². The Hall–Kier alpha value is -2.82. The Bertz CT molecular complexity index is 783. The topological polar surface area (TPSA) is 47.6 Å². The van der Waals surface area contributed by atoms with Crippen LogP contribution in [0.3, 0.4) is 0 Å². The molecule has 0 fully saturated rings. The van der Waals surface area contributed by atoms with E-state index in [0.717, 1.165) is 5.56 Å². The molecule has 0 bridgehead atoms. The smallest absolute Gasteiger partial charge is 0.256 e. The second-order valence-corrected chi connectivity index (χ2v) is 4.82. The molecule has 0 spiro atoms. The lowest BCUT2D eigenvalue weighted by Crippen LogP contribution is -2.03. The van der Waals surface area contributed by atoms with E-state index in [4.69, 9.17) is 9.47 Å². The minimum absolute atomic E-state index is 0.254. The Morgan fingerprint density at radius 2 is 1.82 bits per heavy atom. The van der Waals surface area contributed by atoms with E-state index in [1.54, 1.807) is 44.6 Å². The lowest BCUT2D eigenvalue weighted by molar-refractivity contribution is -0.110. The van der Waals surface area contributed by atoms with Gasteiger partial charge in [-0.2, -0.15) is 0 Å². The van der Waals surface area contributed by atoms with E-state index < -0.39 is 0 Å². The summed E-state index contributed by atoms with van der Waals surface area (Å²) in [6, 6.07) is 9.54. The SMILES string of the molecule is COc1ccc(C=C2C(=O)Nc3ccc(F)cc32)cc1OC. The number of anilines is 1. The van der Waals surface area contributed by atoms with Crippen LogP contribution in [-0.2, 0) is 4.79 Å². The Labute approximate surface area is 127 Å². The number of halogens is 1. The van der Waals surface area contributed by atoms with Crippen molar-refractivity contribution in [1.82, 2.24) is 0 Å². The molecule has 112 valence electrons. The number of ether oxygens (including phenoxy) is 2. The molecule has 2 aromatic carbocycles. The van der Waals surface area contributed by atoms with Crippen LogP contribution in [0.5, 0.6) is 11.5 Å². The summed E-state index contributed by atoms with van der Waals surface area (Å²) in [5.74, 6) is 0.533. The van der Waals surface area contributed by atoms with E-state index >= 15 is 0 Å². The van der Waals surface area contributed by atoms with Gasteiger partial charge in [-0.15, -0.1) is 0 Å². The highest BCUT2D eigenvalue weighted by molar-refractivity contribution is 6.34. The number of fused-ring (bicyclic) bond motifs is 1. The van der Waals surface area contributed by atoms with Gasteiger partial charge in [0, 0.05) is 16.8 Å². The molecule has 0 unspecified atom stereocenters. The highest BCUT2D eigenvalue weighted by Crippen LogP contribution is 2.35. The highest BCUT2D eigenvalue weighted by Gasteiger charge is 2.24. The normalized spacial score (nSPS) is 14.7. The second kappa shape index (κ2) is 5.52. The molecule has 1 aliphatic rings. The molecule has 5 heteroatoms. The molecule has 3 rings (SSSR count). The lowest BCUT2D eigenvalue weighted by Gasteiger charge is -2.08. The van der Waals surface area contributed by atoms with E-state index in [9.17, 15) is 9.18 Å². The van der Waals surface area contributed by atoms with E-state index in [0.29, 0.717) is 28.3 Å². The first-order valence-corrected chi connectivity index (χ1v) is 6.67. The fraction of sp³-hybridized carbons (Fsp3) is 0.118. The summed E-state index contributed by atoms with van der Waals surface area (Å²) in [5, 5.41) is 2.72. The van der Waals surface area contributed by atoms with Crippen LogP contribution in [-0.4, -0.2) is 20.1 Å². The average Bonchev–Trinajstić information content (AvgIpc) is 2.83. The summed E-state index contributed by atoms with van der Waals surface area (Å²) in [6.45, 7) is 0. The van der Waals surface area contributed by atoms with Crippen molar-refractivity contribution in [2.24, 2.45) is 0 Å². The molecule has 1 amide bonds. The standard InChI is InChI=1S/C17H14FNO3/c1-21-15-6-3-10(8-16(15)22-2)7-13-12-9-11(18)4-5-14(12)19-17(13)20/h3-9H,1-2H3,(H,19,20). The molecule has 0 aliphatic carbocycles. The number of carbonyl (C=O) groups excluding carboxylic acids is 1. The molecule has 2 aromatic rings. The molecule has 22 heavy (non-hydrogen) atoms. The number of hydrogen-bond acceptors (Lipinski definition) is 3. The van der Waals surface area contributed by atoms with Crippen LogP contribution in [0.15, 0.2) is 36.4 Å². The number of rotatable bonds is 3. The van der Waals surface area contributed by atoms with E-state index in [1.807, 2.05) is 0 Å². The van der Waals surface area contributed by atoms with Crippen molar-refractivity contribution >= 4 is 23.2 Å². The quantitative estimate of drug-likeness (QED) is 0.884. The molecule has 0 saturated heterocycles. The maximum atomic E-state index is 13.4. The third kappa shape index (κ3) is 2.41. The van der Waals surface area contributed by atoms with Gasteiger partial charge in [0.05, 0.1) is 14.2 Å². The van der Waals surface area contributed by atoms with Crippen LogP contribution < -0.4 is 14.8 Å². The molecule has 1 heterocycles. The van der Waals surface area contributed by atoms with Gasteiger partial charge < -0.3 is 14.8 Å². The molecule has 4 nitrogen and oxygen atoms in total. The summed E-state index contributed by atoms with van der Waals surface area (Å²) in [5.41, 5.74) is 2.35. The summed E-state index contributed by atoms with van der Waals surface area (Å²) < 4.78 is 23.8. The first-order chi connectivity index (χ1) is 10.6. The molecule has 0 saturated carbocycles. The summed E-state index contributed by atoms with van der Waals surface area (Å²) >= 11 is 0. The number of benzene rings is 2. The number of methoxy groups -OCH3 is 2. The molecule has 0 atom stereocenters. The molecule has 0 aromatic heterocycles. The molecule has 1 aliphatic heterocycles. The zero-order valence-corrected chi connectivity index (χ0v) is 12.1. The molecule has 1 N–H and O–H groups in total. The monoisotopic (exact) mass is 299 g/mol. The predicted octanol–water partition coefficient (Wildman–Crippen LogP) is 3.34. The Balaban J connectivity index is 2.06. The fourth-order valence-corrected chi connectivity index (χ4v) is 2.41. The van der Waals surface area contributed by atoms with Crippen molar-refractivity contribution in [2.75, 3.05) is 19.5 Å². The zero-order valence-electron chi connectivity index (χ0n) is 12.1. The first kappa shape index (κ1) is 14.1. The fourth-order valence-electron chi connectivity index (χ4n) is 2.41. The number of amides is 1. The van der Waals surface area contributed by atoms with Crippen molar-refractivity contribution in [1.29, 1.82) is 0 Å². The van der Waals surface area contributed by atoms with Gasteiger partial charge >= 0.3 is 0 Å². The Kier molecular flexibility index (Phi) is 3.55. The molecular weight excluding hydrogens is 285 g/mol. The van der Waals surface area contributed by atoms with E-state index in [2.05, 4.69) is 5.32 Å². The summed E-state index contributed by atoms with van der Waals surface area (Å²) in [4.78, 5) is 12.1. The maximum Gasteiger partial charge on any atom is 0.256 e. The van der Waals surface area contributed by atoms with E-state index in [-0.39, 0.29) is 11.7 Å². The third-order valence-corrected chi connectivity index (χ3v) is 3.48. The molecule has 0 radical (unpaired) electrons. The number of nitrogens with one attached hydrogen (secondary N) is 1. The highest BCUT2D eigenvalue weighted by atomic mass is 19.1. The van der Waals surface area contributed by atoms with Gasteiger partial charge in [0.1, 0.15) is 5.82 Å². The zero-order chi connectivity index (χ0) is 15.7. The first-order valence-electron chi connectivity index (χ1n) is 6.67. The van der Waals surface area contributed by atoms with Crippen LogP contribution in [0.2, 0.25) is 0 Å². The third-order valence-electron chi connectivity index (χ3n) is 3.48. The van der Waals surface area contributed by atoms with Crippen molar-refractivity contribution < 1.29 is 18.7 Å². The van der Waals surface area contributed by atoms with Crippen molar-refractivity contribution in [3.63, 3.8) is 0 Å². The summed E-state index contributed by atoms with van der Waals surface area (Å²) in [7, 11) is 3.10. The maximum absolute atomic E-state index is 13.4. The largest absolute Gasteiger partial charge is 0.493 e. The molecular formula is C17H14FNO3. The van der Waals surface area contributed by atoms with Crippen LogP contribution >= 0.6 is 0 Å². The second-order valence-electron chi connectivity index (χ2n) is 4.82. The van der Waals surface area contributed by atoms with Gasteiger partial charge in [0.2, 0.25) is 0 Å². The van der Waals surface area contributed by atoms with Crippen LogP contribution in [0, 0.1) is 5.82 Å². The van der Waals surface area contributed by atoms with Gasteiger partial charge in [-0.3, -0.25) is 4.79 Å². The van der Waals surface area contributed by atoms with Crippen molar-refractivity contribution in [3.05, 3.63) is 53.3 Å². The minimum atomic E-state index is -0.381.